The minimum absolute atomic E-state index is 0.0272. The molecule has 0 bridgehead atoms. The van der Waals surface area contributed by atoms with Crippen LogP contribution in [0.25, 0.3) is 0 Å². The second-order valence-electron chi connectivity index (χ2n) is 9.42. The van der Waals surface area contributed by atoms with Gasteiger partial charge in [0.05, 0.1) is 19.6 Å². The molecule has 2 fully saturated rings. The number of pyridine rings is 1. The van der Waals surface area contributed by atoms with Crippen LogP contribution in [0.3, 0.4) is 0 Å². The summed E-state index contributed by atoms with van der Waals surface area (Å²) in [5.41, 5.74) is 0.214. The number of rotatable bonds is 9. The third-order valence-corrected chi connectivity index (χ3v) is 6.70. The Morgan fingerprint density at radius 2 is 1.71 bits per heavy atom. The van der Waals surface area contributed by atoms with Crippen LogP contribution < -0.4 is 4.74 Å². The highest BCUT2D eigenvalue weighted by Crippen LogP contribution is 2.27. The first kappa shape index (κ1) is 25.1. The number of hydrogen-bond donors (Lipinski definition) is 0. The van der Waals surface area contributed by atoms with E-state index < -0.39 is 5.60 Å². The second kappa shape index (κ2) is 12.1. The summed E-state index contributed by atoms with van der Waals surface area (Å²) in [6, 6.07) is 9.70. The van der Waals surface area contributed by atoms with Crippen molar-refractivity contribution in [2.45, 2.75) is 50.5 Å². The number of piperidine rings is 1. The topological polar surface area (TPSA) is 72.0 Å². The fourth-order valence-corrected chi connectivity index (χ4v) is 4.73. The standard InChI is InChI=1S/C27H34FN3O4/c28-23-7-9-24(10-8-23)34-21-27(19-26(33)30-15-2-1-3-16-30)20-31(17-18-35-27)25(32)6-4-5-22-11-13-29-14-12-22/h7-14H,1-6,15-21H2. The number of amides is 2. The van der Waals surface area contributed by atoms with Crippen LogP contribution in [0.2, 0.25) is 0 Å². The van der Waals surface area contributed by atoms with Crippen molar-refractivity contribution in [2.24, 2.45) is 0 Å². The van der Waals surface area contributed by atoms with Gasteiger partial charge in [-0.25, -0.2) is 4.39 Å². The maximum Gasteiger partial charge on any atom is 0.225 e. The summed E-state index contributed by atoms with van der Waals surface area (Å²) in [5.74, 6) is 0.240. The van der Waals surface area contributed by atoms with E-state index in [0.717, 1.165) is 50.8 Å². The first-order chi connectivity index (χ1) is 17.0. The number of halogens is 1. The quantitative estimate of drug-likeness (QED) is 0.545. The molecule has 2 saturated heterocycles. The highest BCUT2D eigenvalue weighted by molar-refractivity contribution is 5.79. The molecule has 2 amide bonds. The highest BCUT2D eigenvalue weighted by atomic mass is 19.1. The van der Waals surface area contributed by atoms with Gasteiger partial charge in [0, 0.05) is 38.4 Å². The Morgan fingerprint density at radius 1 is 0.971 bits per heavy atom. The van der Waals surface area contributed by atoms with E-state index in [0.29, 0.717) is 31.9 Å². The number of aryl methyl sites for hydroxylation is 1. The van der Waals surface area contributed by atoms with Gasteiger partial charge in [-0.2, -0.15) is 0 Å². The summed E-state index contributed by atoms with van der Waals surface area (Å²) in [4.78, 5) is 33.9. The third kappa shape index (κ3) is 7.24. The van der Waals surface area contributed by atoms with Gasteiger partial charge in [0.15, 0.2) is 0 Å². The van der Waals surface area contributed by atoms with Crippen LogP contribution in [-0.2, 0) is 20.7 Å². The lowest BCUT2D eigenvalue weighted by Crippen LogP contribution is -2.58. The molecule has 0 N–H and O–H groups in total. The Labute approximate surface area is 206 Å². The maximum atomic E-state index is 13.3. The SMILES string of the molecule is O=C(CC1(COc2ccc(F)cc2)CN(C(=O)CCCc2ccncc2)CCO1)N1CCCCC1. The first-order valence-electron chi connectivity index (χ1n) is 12.5. The number of aromatic nitrogens is 1. The second-order valence-corrected chi connectivity index (χ2v) is 9.42. The zero-order valence-corrected chi connectivity index (χ0v) is 20.2. The molecule has 2 aromatic rings. The van der Waals surface area contributed by atoms with E-state index in [1.165, 1.54) is 12.1 Å². The number of nitrogens with zero attached hydrogens (tertiary/aromatic N) is 3. The van der Waals surface area contributed by atoms with E-state index >= 15 is 0 Å². The molecule has 2 aliphatic heterocycles. The van der Waals surface area contributed by atoms with E-state index in [4.69, 9.17) is 9.47 Å². The van der Waals surface area contributed by atoms with Gasteiger partial charge in [-0.3, -0.25) is 14.6 Å². The first-order valence-corrected chi connectivity index (χ1v) is 12.5. The molecular weight excluding hydrogens is 449 g/mol. The van der Waals surface area contributed by atoms with Crippen molar-refractivity contribution in [2.75, 3.05) is 39.4 Å². The number of ether oxygens (including phenoxy) is 2. The van der Waals surface area contributed by atoms with Gasteiger partial charge in [-0.05, 0) is 74.1 Å². The van der Waals surface area contributed by atoms with Crippen LogP contribution in [0.1, 0.15) is 44.1 Å². The van der Waals surface area contributed by atoms with Crippen LogP contribution in [0.15, 0.2) is 48.8 Å². The molecule has 1 unspecified atom stereocenters. The molecule has 1 atom stereocenters. The Bertz CT molecular complexity index is 966. The van der Waals surface area contributed by atoms with E-state index in [9.17, 15) is 14.0 Å². The molecule has 35 heavy (non-hydrogen) atoms. The molecule has 1 aromatic heterocycles. The highest BCUT2D eigenvalue weighted by Gasteiger charge is 2.42. The van der Waals surface area contributed by atoms with Crippen LogP contribution in [-0.4, -0.2) is 71.6 Å². The molecule has 2 aliphatic rings. The zero-order chi connectivity index (χ0) is 24.5. The molecule has 3 heterocycles. The molecule has 0 radical (unpaired) electrons. The summed E-state index contributed by atoms with van der Waals surface area (Å²) in [7, 11) is 0. The van der Waals surface area contributed by atoms with E-state index in [2.05, 4.69) is 4.98 Å². The van der Waals surface area contributed by atoms with Crippen molar-refractivity contribution in [3.8, 4) is 5.75 Å². The van der Waals surface area contributed by atoms with Gasteiger partial charge in [-0.1, -0.05) is 0 Å². The molecular formula is C27H34FN3O4. The third-order valence-electron chi connectivity index (χ3n) is 6.70. The van der Waals surface area contributed by atoms with Crippen molar-refractivity contribution in [3.05, 3.63) is 60.2 Å². The van der Waals surface area contributed by atoms with Crippen LogP contribution in [0.4, 0.5) is 4.39 Å². The smallest absolute Gasteiger partial charge is 0.225 e. The van der Waals surface area contributed by atoms with Gasteiger partial charge in [-0.15, -0.1) is 0 Å². The van der Waals surface area contributed by atoms with E-state index in [1.807, 2.05) is 17.0 Å². The Morgan fingerprint density at radius 3 is 2.46 bits per heavy atom. The summed E-state index contributed by atoms with van der Waals surface area (Å²) in [6.45, 7) is 2.75. The molecule has 0 saturated carbocycles. The number of carbonyl (C=O) groups is 2. The predicted molar refractivity (Wildman–Crippen MR) is 129 cm³/mol. The van der Waals surface area contributed by atoms with E-state index in [-0.39, 0.29) is 30.7 Å². The van der Waals surface area contributed by atoms with Crippen molar-refractivity contribution in [1.29, 1.82) is 0 Å². The van der Waals surface area contributed by atoms with Crippen LogP contribution in [0.5, 0.6) is 5.75 Å². The largest absolute Gasteiger partial charge is 0.490 e. The van der Waals surface area contributed by atoms with Crippen molar-refractivity contribution >= 4 is 11.8 Å². The van der Waals surface area contributed by atoms with Crippen molar-refractivity contribution in [3.63, 3.8) is 0 Å². The molecule has 8 heteroatoms. The van der Waals surface area contributed by atoms with Crippen LogP contribution >= 0.6 is 0 Å². The van der Waals surface area contributed by atoms with Gasteiger partial charge in [0.2, 0.25) is 11.8 Å². The van der Waals surface area contributed by atoms with Gasteiger partial charge >= 0.3 is 0 Å². The molecule has 1 aromatic carbocycles. The Hall–Kier alpha value is -3.00. The van der Waals surface area contributed by atoms with E-state index in [1.54, 1.807) is 29.4 Å². The molecule has 188 valence electrons. The lowest BCUT2D eigenvalue weighted by atomic mass is 9.95. The lowest BCUT2D eigenvalue weighted by Gasteiger charge is -2.43. The minimum atomic E-state index is -0.943. The average molecular weight is 484 g/mol. The zero-order valence-electron chi connectivity index (χ0n) is 20.2. The fourth-order valence-electron chi connectivity index (χ4n) is 4.73. The Balaban J connectivity index is 1.40. The molecule has 7 nitrogen and oxygen atoms in total. The molecule has 4 rings (SSSR count). The monoisotopic (exact) mass is 483 g/mol. The summed E-state index contributed by atoms with van der Waals surface area (Å²) < 4.78 is 25.4. The average Bonchev–Trinajstić information content (AvgIpc) is 2.89. The number of carbonyl (C=O) groups excluding carboxylic acids is 2. The van der Waals surface area contributed by atoms with Crippen LogP contribution in [0, 0.1) is 5.82 Å². The van der Waals surface area contributed by atoms with Gasteiger partial charge in [0.1, 0.15) is 23.8 Å². The summed E-state index contributed by atoms with van der Waals surface area (Å²) in [5, 5.41) is 0. The molecule has 0 aliphatic carbocycles. The van der Waals surface area contributed by atoms with Gasteiger partial charge in [0.25, 0.3) is 0 Å². The minimum Gasteiger partial charge on any atom is -0.490 e. The fraction of sp³-hybridized carbons (Fsp3) is 0.519. The normalized spacial score (nSPS) is 20.5. The summed E-state index contributed by atoms with van der Waals surface area (Å²) in [6.07, 6.45) is 8.80. The van der Waals surface area contributed by atoms with Crippen molar-refractivity contribution in [1.82, 2.24) is 14.8 Å². The van der Waals surface area contributed by atoms with Crippen molar-refractivity contribution < 1.29 is 23.5 Å². The summed E-state index contributed by atoms with van der Waals surface area (Å²) >= 11 is 0. The predicted octanol–water partition coefficient (Wildman–Crippen LogP) is 3.62. The number of benzene rings is 1. The van der Waals surface area contributed by atoms with Gasteiger partial charge < -0.3 is 19.3 Å². The Kier molecular flexibility index (Phi) is 8.69. The molecule has 0 spiro atoms. The number of morpholine rings is 1. The number of hydrogen-bond acceptors (Lipinski definition) is 5. The lowest BCUT2D eigenvalue weighted by molar-refractivity contribution is -0.166. The number of likely N-dealkylation sites (tertiary alicyclic amines) is 1. The maximum absolute atomic E-state index is 13.3.